The molecule has 2 N–H and O–H groups in total. The van der Waals surface area contributed by atoms with Gasteiger partial charge in [0.2, 0.25) is 5.91 Å². The predicted octanol–water partition coefficient (Wildman–Crippen LogP) is 1.40. The molecule has 1 aliphatic rings. The molecule has 0 aromatic heterocycles. The number of carboxylic acid groups (broad SMARTS) is 1. The van der Waals surface area contributed by atoms with Crippen LogP contribution in [0.25, 0.3) is 6.08 Å². The molecule has 1 aliphatic heterocycles. The highest BCUT2D eigenvalue weighted by molar-refractivity contribution is 6.30. The van der Waals surface area contributed by atoms with E-state index in [0.717, 1.165) is 5.56 Å². The Morgan fingerprint density at radius 2 is 1.95 bits per heavy atom. The minimum absolute atomic E-state index is 0.0424. The van der Waals surface area contributed by atoms with Crippen molar-refractivity contribution in [2.75, 3.05) is 6.54 Å². The average Bonchev–Trinajstić information content (AvgIpc) is 2.80. The summed E-state index contributed by atoms with van der Waals surface area (Å²) in [6, 6.07) is 5.93. The zero-order valence-corrected chi connectivity index (χ0v) is 11.3. The number of rotatable bonds is 3. The summed E-state index contributed by atoms with van der Waals surface area (Å²) in [5.41, 5.74) is 0.786. The Hall–Kier alpha value is -1.85. The maximum atomic E-state index is 12.0. The van der Waals surface area contributed by atoms with Crippen LogP contribution in [-0.4, -0.2) is 45.7 Å². The molecular weight excluding hydrogens is 282 g/mol. The van der Waals surface area contributed by atoms with Gasteiger partial charge in [0.1, 0.15) is 6.04 Å². The standard InChI is InChI=1S/C14H14ClNO4/c15-10-4-1-9(2-5-10)3-6-13(18)16-8-11(17)7-12(16)14(19)20/h1-6,11-12,17H,7-8H2,(H,19,20)/b6-3+/t11?,12-/m0/s1. The van der Waals surface area contributed by atoms with Crippen LogP contribution in [0.2, 0.25) is 5.02 Å². The summed E-state index contributed by atoms with van der Waals surface area (Å²) < 4.78 is 0. The van der Waals surface area contributed by atoms with Crippen molar-refractivity contribution in [3.63, 3.8) is 0 Å². The van der Waals surface area contributed by atoms with Crippen molar-refractivity contribution in [1.29, 1.82) is 0 Å². The minimum Gasteiger partial charge on any atom is -0.480 e. The molecule has 1 amide bonds. The second-order valence-electron chi connectivity index (χ2n) is 4.62. The second kappa shape index (κ2) is 6.07. The van der Waals surface area contributed by atoms with Gasteiger partial charge in [-0.05, 0) is 23.8 Å². The highest BCUT2D eigenvalue weighted by Crippen LogP contribution is 2.19. The molecular formula is C14H14ClNO4. The van der Waals surface area contributed by atoms with Crippen LogP contribution in [0.1, 0.15) is 12.0 Å². The largest absolute Gasteiger partial charge is 0.480 e. The van der Waals surface area contributed by atoms with Gasteiger partial charge in [-0.1, -0.05) is 23.7 Å². The van der Waals surface area contributed by atoms with Gasteiger partial charge in [0, 0.05) is 24.1 Å². The molecule has 0 spiro atoms. The SMILES string of the molecule is O=C(O)[C@@H]1CC(O)CN1C(=O)/C=C/c1ccc(Cl)cc1. The summed E-state index contributed by atoms with van der Waals surface area (Å²) in [6.45, 7) is 0.0424. The third-order valence-electron chi connectivity index (χ3n) is 3.14. The van der Waals surface area contributed by atoms with Gasteiger partial charge in [0.05, 0.1) is 6.10 Å². The minimum atomic E-state index is -1.10. The first-order chi connectivity index (χ1) is 9.47. The van der Waals surface area contributed by atoms with Gasteiger partial charge < -0.3 is 15.1 Å². The molecule has 1 aromatic rings. The maximum absolute atomic E-state index is 12.0. The molecule has 0 saturated carbocycles. The number of aliphatic carboxylic acids is 1. The molecule has 5 nitrogen and oxygen atoms in total. The van der Waals surface area contributed by atoms with Gasteiger partial charge in [-0.3, -0.25) is 4.79 Å². The van der Waals surface area contributed by atoms with Crippen LogP contribution in [0.4, 0.5) is 0 Å². The number of aliphatic hydroxyl groups excluding tert-OH is 1. The van der Waals surface area contributed by atoms with Gasteiger partial charge in [0.25, 0.3) is 0 Å². The van der Waals surface area contributed by atoms with Crippen LogP contribution in [0.15, 0.2) is 30.3 Å². The van der Waals surface area contributed by atoms with Crippen LogP contribution in [0.5, 0.6) is 0 Å². The first kappa shape index (κ1) is 14.6. The lowest BCUT2D eigenvalue weighted by Gasteiger charge is -2.19. The quantitative estimate of drug-likeness (QED) is 0.826. The van der Waals surface area contributed by atoms with Crippen molar-refractivity contribution in [2.24, 2.45) is 0 Å². The lowest BCUT2D eigenvalue weighted by atomic mass is 10.2. The lowest BCUT2D eigenvalue weighted by molar-refractivity contribution is -0.146. The number of aliphatic hydroxyl groups is 1. The van der Waals surface area contributed by atoms with Gasteiger partial charge in [-0.2, -0.15) is 0 Å². The number of nitrogens with zero attached hydrogens (tertiary/aromatic N) is 1. The summed E-state index contributed by atoms with van der Waals surface area (Å²) in [7, 11) is 0. The Bertz CT molecular complexity index is 541. The smallest absolute Gasteiger partial charge is 0.326 e. The Morgan fingerprint density at radius 3 is 2.55 bits per heavy atom. The number of hydrogen-bond acceptors (Lipinski definition) is 3. The number of amides is 1. The van der Waals surface area contributed by atoms with Crippen LogP contribution in [0, 0.1) is 0 Å². The fourth-order valence-electron chi connectivity index (χ4n) is 2.13. The van der Waals surface area contributed by atoms with Crippen LogP contribution >= 0.6 is 11.6 Å². The monoisotopic (exact) mass is 295 g/mol. The Balaban J connectivity index is 2.07. The van der Waals surface area contributed by atoms with Crippen molar-refractivity contribution >= 4 is 29.6 Å². The summed E-state index contributed by atoms with van der Waals surface area (Å²) in [6.07, 6.45) is 2.17. The second-order valence-corrected chi connectivity index (χ2v) is 5.06. The fourth-order valence-corrected chi connectivity index (χ4v) is 2.25. The number of halogens is 1. The molecule has 2 atom stereocenters. The number of carbonyl (C=O) groups excluding carboxylic acids is 1. The van der Waals surface area contributed by atoms with E-state index in [0.29, 0.717) is 5.02 Å². The third-order valence-corrected chi connectivity index (χ3v) is 3.39. The third kappa shape index (κ3) is 3.37. The number of β-amino-alcohol motifs (C(OH)–C–C–N with tert-alkyl or cyclic N) is 1. The molecule has 106 valence electrons. The first-order valence-electron chi connectivity index (χ1n) is 6.12. The molecule has 2 rings (SSSR count). The van der Waals surface area contributed by atoms with Gasteiger partial charge in [-0.15, -0.1) is 0 Å². The van der Waals surface area contributed by atoms with Crippen molar-refractivity contribution in [3.8, 4) is 0 Å². The van der Waals surface area contributed by atoms with Gasteiger partial charge >= 0.3 is 5.97 Å². The van der Waals surface area contributed by atoms with E-state index in [2.05, 4.69) is 0 Å². The molecule has 0 radical (unpaired) electrons. The Kier molecular flexibility index (Phi) is 4.42. The zero-order valence-electron chi connectivity index (χ0n) is 10.6. The fraction of sp³-hybridized carbons (Fsp3) is 0.286. The van der Waals surface area contributed by atoms with Crippen molar-refractivity contribution < 1.29 is 19.8 Å². The molecule has 1 heterocycles. The van der Waals surface area contributed by atoms with Crippen LogP contribution < -0.4 is 0 Å². The number of carbonyl (C=O) groups is 2. The zero-order chi connectivity index (χ0) is 14.7. The summed E-state index contributed by atoms with van der Waals surface area (Å²) >= 11 is 5.76. The molecule has 1 unspecified atom stereocenters. The van der Waals surface area contributed by atoms with Crippen LogP contribution in [-0.2, 0) is 9.59 Å². The average molecular weight is 296 g/mol. The van der Waals surface area contributed by atoms with Crippen molar-refractivity contribution in [1.82, 2.24) is 4.90 Å². The summed E-state index contributed by atoms with van der Waals surface area (Å²) in [4.78, 5) is 24.2. The van der Waals surface area contributed by atoms with E-state index in [1.54, 1.807) is 30.3 Å². The van der Waals surface area contributed by atoms with Crippen molar-refractivity contribution in [2.45, 2.75) is 18.6 Å². The molecule has 0 aliphatic carbocycles. The molecule has 20 heavy (non-hydrogen) atoms. The van der Waals surface area contributed by atoms with Gasteiger partial charge in [-0.25, -0.2) is 4.79 Å². The predicted molar refractivity (Wildman–Crippen MR) is 74.2 cm³/mol. The molecule has 6 heteroatoms. The van der Waals surface area contributed by atoms with E-state index in [4.69, 9.17) is 16.7 Å². The molecule has 1 aromatic carbocycles. The topological polar surface area (TPSA) is 77.8 Å². The first-order valence-corrected chi connectivity index (χ1v) is 6.50. The number of hydrogen-bond donors (Lipinski definition) is 2. The number of likely N-dealkylation sites (tertiary alicyclic amines) is 1. The van der Waals surface area contributed by atoms with E-state index in [-0.39, 0.29) is 13.0 Å². The summed E-state index contributed by atoms with van der Waals surface area (Å²) in [5, 5.41) is 19.1. The number of carboxylic acids is 1. The normalized spacial score (nSPS) is 22.4. The van der Waals surface area contributed by atoms with Gasteiger partial charge in [0.15, 0.2) is 0 Å². The molecule has 0 bridgehead atoms. The Morgan fingerprint density at radius 1 is 1.30 bits per heavy atom. The highest BCUT2D eigenvalue weighted by atomic mass is 35.5. The van der Waals surface area contributed by atoms with E-state index in [1.165, 1.54) is 11.0 Å². The summed E-state index contributed by atoms with van der Waals surface area (Å²) in [5.74, 6) is -1.53. The van der Waals surface area contributed by atoms with Crippen LogP contribution in [0.3, 0.4) is 0 Å². The van der Waals surface area contributed by atoms with E-state index in [9.17, 15) is 14.7 Å². The van der Waals surface area contributed by atoms with E-state index < -0.39 is 24.0 Å². The van der Waals surface area contributed by atoms with Crippen molar-refractivity contribution in [3.05, 3.63) is 40.9 Å². The molecule has 1 fully saturated rings. The number of benzene rings is 1. The Labute approximate surface area is 121 Å². The maximum Gasteiger partial charge on any atom is 0.326 e. The lowest BCUT2D eigenvalue weighted by Crippen LogP contribution is -2.39. The van der Waals surface area contributed by atoms with E-state index in [1.807, 2.05) is 0 Å². The molecule has 1 saturated heterocycles. The van der Waals surface area contributed by atoms with E-state index >= 15 is 0 Å². The highest BCUT2D eigenvalue weighted by Gasteiger charge is 2.37.